The number of aliphatic hydroxyl groups excluding tert-OH is 2. The summed E-state index contributed by atoms with van der Waals surface area (Å²) in [5.41, 5.74) is 1.41. The Morgan fingerprint density at radius 2 is 1.79 bits per heavy atom. The lowest BCUT2D eigenvalue weighted by molar-refractivity contribution is 0.0453. The maximum atomic E-state index is 12.6. The molecular weight excluding hydrogens is 498 g/mol. The van der Waals surface area contributed by atoms with Crippen molar-refractivity contribution in [3.63, 3.8) is 0 Å². The van der Waals surface area contributed by atoms with Gasteiger partial charge in [0, 0.05) is 24.2 Å². The average molecular weight is 532 g/mol. The third-order valence-electron chi connectivity index (χ3n) is 6.89. The molecule has 1 fully saturated rings. The number of carbonyl (C=O) groups is 1. The number of aromatic nitrogens is 2. The van der Waals surface area contributed by atoms with Crippen LogP contribution in [0.2, 0.25) is 0 Å². The Hall–Kier alpha value is -3.92. The number of hydrogen-bond acceptors (Lipinski definition) is 8. The molecule has 2 N–H and O–H groups in total. The molecule has 5 rings (SSSR count). The van der Waals surface area contributed by atoms with E-state index in [-0.39, 0.29) is 13.2 Å². The van der Waals surface area contributed by atoms with E-state index in [2.05, 4.69) is 9.88 Å². The number of likely N-dealkylation sites (tertiary alicyclic amines) is 1. The average Bonchev–Trinajstić information content (AvgIpc) is 3.34. The molecular formula is C30H33N3O6. The molecule has 1 saturated heterocycles. The minimum atomic E-state index is -0.670. The predicted molar refractivity (Wildman–Crippen MR) is 146 cm³/mol. The fraction of sp³-hybridized carbons (Fsp3) is 0.333. The largest absolute Gasteiger partial charge is 0.490 e. The van der Waals surface area contributed by atoms with Crippen LogP contribution in [0.4, 0.5) is 0 Å². The van der Waals surface area contributed by atoms with E-state index in [0.29, 0.717) is 52.9 Å². The fourth-order valence-corrected chi connectivity index (χ4v) is 4.80. The van der Waals surface area contributed by atoms with Gasteiger partial charge in [-0.1, -0.05) is 30.3 Å². The normalized spacial score (nSPS) is 15.2. The highest BCUT2D eigenvalue weighted by Gasteiger charge is 2.23. The number of ether oxygens (including phenoxy) is 2. The van der Waals surface area contributed by atoms with Crippen LogP contribution in [-0.2, 0) is 6.61 Å². The molecule has 9 heteroatoms. The van der Waals surface area contributed by atoms with Crippen molar-refractivity contribution in [1.29, 1.82) is 0 Å². The fourth-order valence-electron chi connectivity index (χ4n) is 4.80. The van der Waals surface area contributed by atoms with Gasteiger partial charge >= 0.3 is 5.97 Å². The number of pyridine rings is 1. The van der Waals surface area contributed by atoms with Crippen molar-refractivity contribution >= 4 is 16.9 Å². The van der Waals surface area contributed by atoms with Crippen LogP contribution < -0.4 is 14.3 Å². The van der Waals surface area contributed by atoms with E-state index in [1.807, 2.05) is 24.3 Å². The van der Waals surface area contributed by atoms with Crippen LogP contribution >= 0.6 is 0 Å². The van der Waals surface area contributed by atoms with E-state index in [9.17, 15) is 15.0 Å². The predicted octanol–water partition coefficient (Wildman–Crippen LogP) is 3.33. The first kappa shape index (κ1) is 26.7. The van der Waals surface area contributed by atoms with Crippen molar-refractivity contribution in [2.75, 3.05) is 32.8 Å². The molecule has 0 bridgehead atoms. The minimum Gasteiger partial charge on any atom is -0.490 e. The second-order valence-corrected chi connectivity index (χ2v) is 9.71. The zero-order valence-electron chi connectivity index (χ0n) is 21.7. The van der Waals surface area contributed by atoms with Crippen LogP contribution in [-0.4, -0.2) is 69.7 Å². The first-order valence-electron chi connectivity index (χ1n) is 13.2. The second-order valence-electron chi connectivity index (χ2n) is 9.71. The van der Waals surface area contributed by atoms with Crippen LogP contribution in [0.5, 0.6) is 11.6 Å². The van der Waals surface area contributed by atoms with E-state index in [1.165, 1.54) is 4.73 Å². The van der Waals surface area contributed by atoms with Gasteiger partial charge in [0.05, 0.1) is 30.0 Å². The van der Waals surface area contributed by atoms with E-state index in [1.54, 1.807) is 54.7 Å². The lowest BCUT2D eigenvalue weighted by Gasteiger charge is -2.32. The van der Waals surface area contributed by atoms with Gasteiger partial charge in [-0.2, -0.15) is 4.73 Å². The topological polar surface area (TPSA) is 106 Å². The van der Waals surface area contributed by atoms with Gasteiger partial charge in [-0.3, -0.25) is 0 Å². The number of aliphatic hydroxyl groups is 2. The minimum absolute atomic E-state index is 0.116. The summed E-state index contributed by atoms with van der Waals surface area (Å²) in [6.07, 6.45) is 3.05. The molecule has 0 aliphatic carbocycles. The number of β-amino-alcohol motifs (C(OH)–C–C–N with tert-alkyl or cyclic N) is 1. The number of piperidine rings is 1. The van der Waals surface area contributed by atoms with Gasteiger partial charge in [-0.15, -0.1) is 0 Å². The van der Waals surface area contributed by atoms with E-state index < -0.39 is 12.1 Å². The summed E-state index contributed by atoms with van der Waals surface area (Å²) in [5, 5.41) is 21.3. The summed E-state index contributed by atoms with van der Waals surface area (Å²) in [7, 11) is 0. The number of nitrogens with zero attached hydrogens (tertiary/aromatic N) is 3. The molecule has 0 radical (unpaired) electrons. The van der Waals surface area contributed by atoms with E-state index in [0.717, 1.165) is 25.9 Å². The van der Waals surface area contributed by atoms with Crippen molar-refractivity contribution in [2.24, 2.45) is 5.92 Å². The molecule has 0 spiro atoms. The van der Waals surface area contributed by atoms with Crippen LogP contribution in [0, 0.1) is 5.92 Å². The Morgan fingerprint density at radius 3 is 2.54 bits per heavy atom. The van der Waals surface area contributed by atoms with Crippen LogP contribution in [0.25, 0.3) is 10.9 Å². The summed E-state index contributed by atoms with van der Waals surface area (Å²) < 4.78 is 13.1. The highest BCUT2D eigenvalue weighted by atomic mass is 16.7. The third kappa shape index (κ3) is 6.75. The maximum absolute atomic E-state index is 12.6. The van der Waals surface area contributed by atoms with E-state index >= 15 is 0 Å². The SMILES string of the molecule is O=C(On1c(CO)cc2c(OCC(O)CN3CCC(COc4ccccn4)CC3)cccc21)c1ccccc1. The number of hydrogen-bond donors (Lipinski definition) is 2. The van der Waals surface area contributed by atoms with Gasteiger partial charge in [0.15, 0.2) is 0 Å². The monoisotopic (exact) mass is 531 g/mol. The molecule has 9 nitrogen and oxygen atoms in total. The van der Waals surface area contributed by atoms with Gasteiger partial charge in [0.25, 0.3) is 0 Å². The van der Waals surface area contributed by atoms with Gasteiger partial charge < -0.3 is 29.4 Å². The molecule has 4 aromatic rings. The van der Waals surface area contributed by atoms with Crippen molar-refractivity contribution in [3.8, 4) is 11.6 Å². The van der Waals surface area contributed by atoms with Crippen LogP contribution in [0.1, 0.15) is 28.9 Å². The zero-order chi connectivity index (χ0) is 27.0. The number of rotatable bonds is 11. The summed E-state index contributed by atoms with van der Waals surface area (Å²) >= 11 is 0. The molecule has 0 saturated carbocycles. The molecule has 1 atom stereocenters. The highest BCUT2D eigenvalue weighted by molar-refractivity contribution is 5.91. The Labute approximate surface area is 227 Å². The summed E-state index contributed by atoms with van der Waals surface area (Å²) in [4.78, 5) is 24.7. The molecule has 3 heterocycles. The van der Waals surface area contributed by atoms with Crippen molar-refractivity contribution in [3.05, 3.63) is 90.3 Å². The second kappa shape index (κ2) is 12.8. The Balaban J connectivity index is 1.14. The molecule has 204 valence electrons. The summed E-state index contributed by atoms with van der Waals surface area (Å²) in [5.74, 6) is 1.13. The molecule has 2 aromatic heterocycles. The molecule has 1 aliphatic heterocycles. The van der Waals surface area contributed by atoms with Gasteiger partial charge in [0.2, 0.25) is 5.88 Å². The van der Waals surface area contributed by atoms with Crippen molar-refractivity contribution < 1.29 is 29.3 Å². The standard InChI is InChI=1S/C30H33N3O6/c34-19-24-17-26-27(33(24)39-30(36)23-7-2-1-3-8-23)9-6-10-28(26)37-21-25(35)18-32-15-12-22(13-16-32)20-38-29-11-4-5-14-31-29/h1-11,14,17,22,25,34-35H,12-13,15-16,18-21H2. The summed E-state index contributed by atoms with van der Waals surface area (Å²) in [6, 6.07) is 21.4. The van der Waals surface area contributed by atoms with Crippen LogP contribution in [0.15, 0.2) is 79.0 Å². The first-order valence-corrected chi connectivity index (χ1v) is 13.2. The zero-order valence-corrected chi connectivity index (χ0v) is 21.7. The Kier molecular flexibility index (Phi) is 8.72. The quantitative estimate of drug-likeness (QED) is 0.304. The van der Waals surface area contributed by atoms with E-state index in [4.69, 9.17) is 14.3 Å². The highest BCUT2D eigenvalue weighted by Crippen LogP contribution is 2.29. The lowest BCUT2D eigenvalue weighted by Crippen LogP contribution is -2.41. The number of benzene rings is 2. The molecule has 2 aromatic carbocycles. The molecule has 0 amide bonds. The molecule has 1 unspecified atom stereocenters. The van der Waals surface area contributed by atoms with Gasteiger partial charge in [-0.25, -0.2) is 9.78 Å². The number of carbonyl (C=O) groups excluding carboxylic acids is 1. The third-order valence-corrected chi connectivity index (χ3v) is 6.89. The van der Waals surface area contributed by atoms with Crippen molar-refractivity contribution in [1.82, 2.24) is 14.6 Å². The first-order chi connectivity index (χ1) is 19.1. The Morgan fingerprint density at radius 1 is 1.00 bits per heavy atom. The Bertz CT molecular complexity index is 1350. The maximum Gasteiger partial charge on any atom is 0.363 e. The van der Waals surface area contributed by atoms with Gasteiger partial charge in [-0.05, 0) is 68.2 Å². The van der Waals surface area contributed by atoms with Crippen LogP contribution in [0.3, 0.4) is 0 Å². The van der Waals surface area contributed by atoms with Crippen molar-refractivity contribution in [2.45, 2.75) is 25.6 Å². The summed E-state index contributed by atoms with van der Waals surface area (Å²) in [6.45, 7) is 2.74. The molecule has 39 heavy (non-hydrogen) atoms. The smallest absolute Gasteiger partial charge is 0.363 e. The molecule has 1 aliphatic rings. The van der Waals surface area contributed by atoms with Gasteiger partial charge in [0.1, 0.15) is 18.5 Å². The number of fused-ring (bicyclic) bond motifs is 1. The lowest BCUT2D eigenvalue weighted by atomic mass is 9.97.